The largest absolute Gasteiger partial charge is 0.459 e. The Morgan fingerprint density at radius 1 is 1.10 bits per heavy atom. The standard InChI is InChI=1S/C20H16Cl2N4O4S/c21-13-3-1-4-14(16(13)22)26-18(28)12(17(27)23-20(26)31)11-24-6-8-25(9-7-24)19(29)15-5-2-10-30-15/h1-5,10-11H,6-9H2,(H,23,27,31). The lowest BCUT2D eigenvalue weighted by Gasteiger charge is -2.35. The number of rotatable bonds is 3. The predicted octanol–water partition coefficient (Wildman–Crippen LogP) is 2.68. The zero-order valence-corrected chi connectivity index (χ0v) is 18.3. The summed E-state index contributed by atoms with van der Waals surface area (Å²) in [5.41, 5.74) is 0.194. The van der Waals surface area contributed by atoms with Gasteiger partial charge in [-0.3, -0.25) is 24.6 Å². The molecule has 3 heterocycles. The summed E-state index contributed by atoms with van der Waals surface area (Å²) in [6.45, 7) is 1.72. The van der Waals surface area contributed by atoms with Gasteiger partial charge < -0.3 is 14.2 Å². The zero-order chi connectivity index (χ0) is 22.1. The van der Waals surface area contributed by atoms with Crippen LogP contribution in [-0.2, 0) is 9.59 Å². The van der Waals surface area contributed by atoms with Gasteiger partial charge in [0.1, 0.15) is 5.57 Å². The maximum atomic E-state index is 13.1. The fraction of sp³-hybridized carbons (Fsp3) is 0.200. The Kier molecular flexibility index (Phi) is 5.99. The maximum absolute atomic E-state index is 13.1. The average Bonchev–Trinajstić information content (AvgIpc) is 3.29. The van der Waals surface area contributed by atoms with Gasteiger partial charge in [0.25, 0.3) is 17.7 Å². The Bertz CT molecular complexity index is 1090. The van der Waals surface area contributed by atoms with Crippen LogP contribution < -0.4 is 10.2 Å². The maximum Gasteiger partial charge on any atom is 0.289 e. The van der Waals surface area contributed by atoms with Crippen LogP contribution in [0.15, 0.2) is 52.8 Å². The number of benzene rings is 1. The Morgan fingerprint density at radius 3 is 2.52 bits per heavy atom. The topological polar surface area (TPSA) is 86.1 Å². The monoisotopic (exact) mass is 478 g/mol. The van der Waals surface area contributed by atoms with E-state index in [1.54, 1.807) is 35.2 Å². The molecule has 2 aliphatic heterocycles. The molecule has 0 spiro atoms. The molecule has 8 nitrogen and oxygen atoms in total. The van der Waals surface area contributed by atoms with Gasteiger partial charge in [0.05, 0.1) is 22.0 Å². The molecular formula is C20H16Cl2N4O4S. The van der Waals surface area contributed by atoms with E-state index in [-0.39, 0.29) is 38.1 Å². The third kappa shape index (κ3) is 4.16. The van der Waals surface area contributed by atoms with Gasteiger partial charge in [0.15, 0.2) is 10.9 Å². The summed E-state index contributed by atoms with van der Waals surface area (Å²) in [6, 6.07) is 8.08. The molecule has 0 bridgehead atoms. The second-order valence-electron chi connectivity index (χ2n) is 6.82. The number of piperazine rings is 1. The molecule has 3 amide bonds. The van der Waals surface area contributed by atoms with E-state index in [4.69, 9.17) is 39.8 Å². The zero-order valence-electron chi connectivity index (χ0n) is 16.0. The first-order valence-corrected chi connectivity index (χ1v) is 10.5. The average molecular weight is 479 g/mol. The summed E-state index contributed by atoms with van der Waals surface area (Å²) in [5, 5.41) is 2.85. The van der Waals surface area contributed by atoms with Gasteiger partial charge >= 0.3 is 0 Å². The molecule has 2 saturated heterocycles. The van der Waals surface area contributed by atoms with Crippen molar-refractivity contribution in [3.05, 3.63) is 64.2 Å². The fourth-order valence-electron chi connectivity index (χ4n) is 3.32. The normalized spacial score (nSPS) is 18.6. The third-order valence-electron chi connectivity index (χ3n) is 4.92. The highest BCUT2D eigenvalue weighted by atomic mass is 35.5. The molecule has 0 radical (unpaired) electrons. The van der Waals surface area contributed by atoms with Crippen molar-refractivity contribution >= 4 is 63.9 Å². The summed E-state index contributed by atoms with van der Waals surface area (Å²) in [6.07, 6.45) is 2.93. The Balaban J connectivity index is 1.51. The number of carbonyl (C=O) groups excluding carboxylic acids is 3. The first-order chi connectivity index (χ1) is 14.9. The lowest BCUT2D eigenvalue weighted by Crippen LogP contribution is -2.55. The number of carbonyl (C=O) groups is 3. The van der Waals surface area contributed by atoms with Crippen molar-refractivity contribution in [3.63, 3.8) is 0 Å². The van der Waals surface area contributed by atoms with Crippen LogP contribution in [-0.4, -0.2) is 58.8 Å². The number of hydrogen-bond acceptors (Lipinski definition) is 6. The smallest absolute Gasteiger partial charge is 0.289 e. The van der Waals surface area contributed by atoms with Crippen molar-refractivity contribution < 1.29 is 18.8 Å². The second-order valence-corrected chi connectivity index (χ2v) is 7.99. The van der Waals surface area contributed by atoms with E-state index in [0.717, 1.165) is 4.90 Å². The quantitative estimate of drug-likeness (QED) is 0.414. The molecule has 0 atom stereocenters. The van der Waals surface area contributed by atoms with Crippen molar-refractivity contribution in [2.75, 3.05) is 31.1 Å². The molecule has 31 heavy (non-hydrogen) atoms. The molecule has 2 aromatic rings. The van der Waals surface area contributed by atoms with Crippen molar-refractivity contribution in [2.45, 2.75) is 0 Å². The van der Waals surface area contributed by atoms with Crippen LogP contribution in [0.2, 0.25) is 10.0 Å². The summed E-state index contributed by atoms with van der Waals surface area (Å²) >= 11 is 17.5. The number of nitrogens with zero attached hydrogens (tertiary/aromatic N) is 3. The number of halogens is 2. The van der Waals surface area contributed by atoms with E-state index >= 15 is 0 Å². The molecule has 160 valence electrons. The van der Waals surface area contributed by atoms with Gasteiger partial charge in [-0.2, -0.15) is 0 Å². The first kappa shape index (κ1) is 21.4. The molecule has 11 heteroatoms. The van der Waals surface area contributed by atoms with Crippen LogP contribution >= 0.6 is 35.4 Å². The van der Waals surface area contributed by atoms with E-state index in [1.807, 2.05) is 4.90 Å². The Labute approximate surface area is 193 Å². The highest BCUT2D eigenvalue weighted by Crippen LogP contribution is 2.34. The van der Waals surface area contributed by atoms with Crippen LogP contribution in [0.5, 0.6) is 0 Å². The van der Waals surface area contributed by atoms with Gasteiger partial charge in [0, 0.05) is 32.4 Å². The van der Waals surface area contributed by atoms with Crippen molar-refractivity contribution in [1.82, 2.24) is 15.1 Å². The van der Waals surface area contributed by atoms with E-state index < -0.39 is 11.8 Å². The molecular weight excluding hydrogens is 463 g/mol. The van der Waals surface area contributed by atoms with E-state index in [1.165, 1.54) is 12.5 Å². The highest BCUT2D eigenvalue weighted by Gasteiger charge is 2.36. The molecule has 2 aliphatic rings. The summed E-state index contributed by atoms with van der Waals surface area (Å²) in [7, 11) is 0. The number of nitrogens with one attached hydrogen (secondary N) is 1. The van der Waals surface area contributed by atoms with Gasteiger partial charge in [0.2, 0.25) is 0 Å². The molecule has 0 aliphatic carbocycles. The number of amides is 3. The van der Waals surface area contributed by atoms with Gasteiger partial charge in [-0.15, -0.1) is 0 Å². The van der Waals surface area contributed by atoms with Crippen molar-refractivity contribution in [1.29, 1.82) is 0 Å². The molecule has 1 aromatic heterocycles. The lowest BCUT2D eigenvalue weighted by atomic mass is 10.1. The summed E-state index contributed by atoms with van der Waals surface area (Å²) < 4.78 is 5.15. The van der Waals surface area contributed by atoms with Gasteiger partial charge in [-0.05, 0) is 36.5 Å². The predicted molar refractivity (Wildman–Crippen MR) is 119 cm³/mol. The third-order valence-corrected chi connectivity index (χ3v) is 6.01. The van der Waals surface area contributed by atoms with Crippen LogP contribution in [0.1, 0.15) is 10.6 Å². The van der Waals surface area contributed by atoms with E-state index in [9.17, 15) is 14.4 Å². The molecule has 1 N–H and O–H groups in total. The second kappa shape index (κ2) is 8.70. The first-order valence-electron chi connectivity index (χ1n) is 9.29. The Hall–Kier alpha value is -2.88. The van der Waals surface area contributed by atoms with Gasteiger partial charge in [-0.1, -0.05) is 29.3 Å². The minimum atomic E-state index is -0.605. The molecule has 0 saturated carbocycles. The van der Waals surface area contributed by atoms with E-state index in [0.29, 0.717) is 26.2 Å². The lowest BCUT2D eigenvalue weighted by molar-refractivity contribution is -0.122. The van der Waals surface area contributed by atoms with E-state index in [2.05, 4.69) is 5.32 Å². The van der Waals surface area contributed by atoms with Crippen molar-refractivity contribution in [2.24, 2.45) is 0 Å². The molecule has 0 unspecified atom stereocenters. The number of hydrogen-bond donors (Lipinski definition) is 1. The number of anilines is 1. The highest BCUT2D eigenvalue weighted by molar-refractivity contribution is 7.80. The molecule has 2 fully saturated rings. The summed E-state index contributed by atoms with van der Waals surface area (Å²) in [5.74, 6) is -1.13. The molecule has 1 aromatic carbocycles. The van der Waals surface area contributed by atoms with Crippen LogP contribution in [0.25, 0.3) is 0 Å². The van der Waals surface area contributed by atoms with Crippen molar-refractivity contribution in [3.8, 4) is 0 Å². The molecule has 4 rings (SSSR count). The van der Waals surface area contributed by atoms with Crippen LogP contribution in [0.3, 0.4) is 0 Å². The minimum Gasteiger partial charge on any atom is -0.459 e. The fourth-order valence-corrected chi connectivity index (χ4v) is 3.97. The SMILES string of the molecule is O=C1NC(=S)N(c2cccc(Cl)c2Cl)C(=O)C1=CN1CCN(C(=O)c2ccco2)CC1. The number of thiocarbonyl (C=S) groups is 1. The van der Waals surface area contributed by atoms with Gasteiger partial charge in [-0.25, -0.2) is 0 Å². The summed E-state index contributed by atoms with van der Waals surface area (Å²) in [4.78, 5) is 42.6. The van der Waals surface area contributed by atoms with Crippen LogP contribution in [0, 0.1) is 0 Å². The number of furan rings is 1. The minimum absolute atomic E-state index is 0.0785. The van der Waals surface area contributed by atoms with Crippen LogP contribution in [0.4, 0.5) is 5.69 Å². The Morgan fingerprint density at radius 2 is 1.84 bits per heavy atom.